The Morgan fingerprint density at radius 2 is 1.65 bits per heavy atom. The third-order valence-electron chi connectivity index (χ3n) is 5.51. The third-order valence-corrected chi connectivity index (χ3v) is 5.51. The Morgan fingerprint density at radius 3 is 2.10 bits per heavy atom. The molecule has 1 atom stereocenters. The van der Waals surface area contributed by atoms with Crippen molar-refractivity contribution in [2.75, 3.05) is 6.61 Å². The molecule has 4 nitrogen and oxygen atoms in total. The smallest absolute Gasteiger partial charge is 0.328 e. The van der Waals surface area contributed by atoms with Gasteiger partial charge in [-0.15, -0.1) is 0 Å². The highest BCUT2D eigenvalue weighted by molar-refractivity contribution is 5.88. The summed E-state index contributed by atoms with van der Waals surface area (Å²) in [5.74, 6) is 1.99. The van der Waals surface area contributed by atoms with E-state index in [2.05, 4.69) is 5.32 Å². The number of esters is 1. The quantitative estimate of drug-likeness (QED) is 0.803. The van der Waals surface area contributed by atoms with Crippen molar-refractivity contribution in [3.05, 3.63) is 0 Å². The van der Waals surface area contributed by atoms with Crippen molar-refractivity contribution in [1.29, 1.82) is 0 Å². The Bertz CT molecular complexity index is 383. The lowest BCUT2D eigenvalue weighted by Crippen LogP contribution is -2.55. The van der Waals surface area contributed by atoms with Gasteiger partial charge in [0.1, 0.15) is 6.04 Å². The van der Waals surface area contributed by atoms with Gasteiger partial charge < -0.3 is 10.1 Å². The van der Waals surface area contributed by atoms with E-state index in [4.69, 9.17) is 4.74 Å². The Morgan fingerprint density at radius 1 is 1.15 bits per heavy atom. The van der Waals surface area contributed by atoms with Gasteiger partial charge in [0.15, 0.2) is 0 Å². The van der Waals surface area contributed by atoms with Gasteiger partial charge in [0, 0.05) is 5.41 Å². The number of carbonyl (C=O) groups excluding carboxylic acids is 2. The van der Waals surface area contributed by atoms with Gasteiger partial charge in [0.05, 0.1) is 6.61 Å². The number of rotatable bonds is 4. The van der Waals surface area contributed by atoms with Crippen LogP contribution in [0, 0.1) is 23.2 Å². The van der Waals surface area contributed by atoms with Gasteiger partial charge in [-0.25, -0.2) is 4.79 Å². The zero-order chi connectivity index (χ0) is 14.3. The Labute approximate surface area is 120 Å². The molecule has 0 aliphatic heterocycles. The first kappa shape index (κ1) is 13.9. The lowest BCUT2D eigenvalue weighted by atomic mass is 9.49. The van der Waals surface area contributed by atoms with Crippen LogP contribution >= 0.6 is 0 Å². The fourth-order valence-electron chi connectivity index (χ4n) is 5.06. The summed E-state index contributed by atoms with van der Waals surface area (Å²) < 4.78 is 4.97. The molecule has 4 saturated carbocycles. The summed E-state index contributed by atoms with van der Waals surface area (Å²) in [5, 5.41) is 2.91. The Balaban J connectivity index is 1.66. The van der Waals surface area contributed by atoms with Crippen LogP contribution in [-0.2, 0) is 14.3 Å². The fraction of sp³-hybridized carbons (Fsp3) is 0.875. The second kappa shape index (κ2) is 5.05. The lowest BCUT2D eigenvalue weighted by Gasteiger charge is -2.55. The molecule has 0 aromatic rings. The van der Waals surface area contributed by atoms with Crippen LogP contribution < -0.4 is 5.32 Å². The normalized spacial score (nSPS) is 39.4. The minimum Gasteiger partial charge on any atom is -0.464 e. The van der Waals surface area contributed by atoms with E-state index in [1.54, 1.807) is 13.8 Å². The minimum absolute atomic E-state index is 0.0946. The van der Waals surface area contributed by atoms with Gasteiger partial charge in [-0.3, -0.25) is 4.79 Å². The summed E-state index contributed by atoms with van der Waals surface area (Å²) in [7, 11) is 0. The van der Waals surface area contributed by atoms with Crippen LogP contribution in [-0.4, -0.2) is 24.5 Å². The maximum atomic E-state index is 12.7. The molecule has 0 aromatic carbocycles. The average Bonchev–Trinajstić information content (AvgIpc) is 2.37. The molecule has 1 N–H and O–H groups in total. The molecule has 20 heavy (non-hydrogen) atoms. The predicted molar refractivity (Wildman–Crippen MR) is 74.8 cm³/mol. The van der Waals surface area contributed by atoms with Gasteiger partial charge in [-0.2, -0.15) is 0 Å². The van der Waals surface area contributed by atoms with Gasteiger partial charge >= 0.3 is 5.97 Å². The molecular formula is C16H25NO3. The average molecular weight is 279 g/mol. The molecule has 0 radical (unpaired) electrons. The lowest BCUT2D eigenvalue weighted by molar-refractivity contribution is -0.153. The van der Waals surface area contributed by atoms with E-state index >= 15 is 0 Å². The van der Waals surface area contributed by atoms with Crippen LogP contribution in [0.3, 0.4) is 0 Å². The number of hydrogen-bond donors (Lipinski definition) is 1. The zero-order valence-electron chi connectivity index (χ0n) is 12.5. The van der Waals surface area contributed by atoms with E-state index in [9.17, 15) is 9.59 Å². The van der Waals surface area contributed by atoms with Crippen LogP contribution in [0.25, 0.3) is 0 Å². The molecule has 4 aliphatic carbocycles. The van der Waals surface area contributed by atoms with Crippen LogP contribution in [0.4, 0.5) is 0 Å². The van der Waals surface area contributed by atoms with Crippen molar-refractivity contribution in [2.24, 2.45) is 23.2 Å². The molecule has 4 bridgehead atoms. The van der Waals surface area contributed by atoms with Crippen LogP contribution in [0.15, 0.2) is 0 Å². The van der Waals surface area contributed by atoms with Gasteiger partial charge in [0.25, 0.3) is 0 Å². The molecule has 4 heteroatoms. The first-order valence-electron chi connectivity index (χ1n) is 8.00. The molecule has 0 saturated heterocycles. The number of hydrogen-bond acceptors (Lipinski definition) is 3. The van der Waals surface area contributed by atoms with E-state index in [1.165, 1.54) is 19.3 Å². The molecule has 0 unspecified atom stereocenters. The van der Waals surface area contributed by atoms with Crippen molar-refractivity contribution in [3.63, 3.8) is 0 Å². The molecular weight excluding hydrogens is 254 g/mol. The molecule has 0 aromatic heterocycles. The zero-order valence-corrected chi connectivity index (χ0v) is 12.5. The summed E-state index contributed by atoms with van der Waals surface area (Å²) in [6, 6.07) is -0.532. The summed E-state index contributed by atoms with van der Waals surface area (Å²) in [4.78, 5) is 24.4. The van der Waals surface area contributed by atoms with Crippen molar-refractivity contribution in [2.45, 2.75) is 58.4 Å². The second-order valence-corrected chi connectivity index (χ2v) is 7.15. The highest BCUT2D eigenvalue weighted by Gasteiger charge is 2.54. The van der Waals surface area contributed by atoms with Gasteiger partial charge in [-0.05, 0) is 70.1 Å². The third kappa shape index (κ3) is 2.33. The topological polar surface area (TPSA) is 55.4 Å². The summed E-state index contributed by atoms with van der Waals surface area (Å²) in [5.41, 5.74) is -0.185. The monoisotopic (exact) mass is 279 g/mol. The molecule has 4 rings (SSSR count). The first-order chi connectivity index (χ1) is 9.52. The molecule has 4 fully saturated rings. The van der Waals surface area contributed by atoms with Crippen molar-refractivity contribution < 1.29 is 14.3 Å². The van der Waals surface area contributed by atoms with Crippen molar-refractivity contribution in [1.82, 2.24) is 5.32 Å². The summed E-state index contributed by atoms with van der Waals surface area (Å²) in [6.45, 7) is 3.86. The van der Waals surface area contributed by atoms with E-state index in [1.807, 2.05) is 0 Å². The SMILES string of the molecule is CCOC(=O)[C@H](C)NC(=O)C12CC3CC(CC(C3)C1)C2. The van der Waals surface area contributed by atoms with Crippen LogP contribution in [0.2, 0.25) is 0 Å². The van der Waals surface area contributed by atoms with Crippen LogP contribution in [0.5, 0.6) is 0 Å². The van der Waals surface area contributed by atoms with Crippen molar-refractivity contribution >= 4 is 11.9 Å². The highest BCUT2D eigenvalue weighted by Crippen LogP contribution is 2.60. The highest BCUT2D eigenvalue weighted by atomic mass is 16.5. The minimum atomic E-state index is -0.532. The second-order valence-electron chi connectivity index (χ2n) is 7.15. The molecule has 1 amide bonds. The van der Waals surface area contributed by atoms with E-state index < -0.39 is 6.04 Å². The van der Waals surface area contributed by atoms with Gasteiger partial charge in [-0.1, -0.05) is 0 Å². The van der Waals surface area contributed by atoms with Crippen molar-refractivity contribution in [3.8, 4) is 0 Å². The maximum absolute atomic E-state index is 12.7. The Kier molecular flexibility index (Phi) is 3.51. The largest absolute Gasteiger partial charge is 0.464 e. The molecule has 0 heterocycles. The van der Waals surface area contributed by atoms with E-state index in [-0.39, 0.29) is 17.3 Å². The molecule has 112 valence electrons. The maximum Gasteiger partial charge on any atom is 0.328 e. The molecule has 4 aliphatic rings. The number of amides is 1. The van der Waals surface area contributed by atoms with E-state index in [0.717, 1.165) is 37.0 Å². The number of ether oxygens (including phenoxy) is 1. The van der Waals surface area contributed by atoms with E-state index in [0.29, 0.717) is 6.61 Å². The summed E-state index contributed by atoms with van der Waals surface area (Å²) in [6.07, 6.45) is 7.04. The first-order valence-corrected chi connectivity index (χ1v) is 8.00. The summed E-state index contributed by atoms with van der Waals surface area (Å²) >= 11 is 0. The fourth-order valence-corrected chi connectivity index (χ4v) is 5.06. The molecule has 0 spiro atoms. The Hall–Kier alpha value is -1.06. The predicted octanol–water partition coefficient (Wildman–Crippen LogP) is 2.27. The van der Waals surface area contributed by atoms with Crippen LogP contribution in [0.1, 0.15) is 52.4 Å². The number of nitrogens with one attached hydrogen (secondary N) is 1. The number of carbonyl (C=O) groups is 2. The van der Waals surface area contributed by atoms with Gasteiger partial charge in [0.2, 0.25) is 5.91 Å². The standard InChI is InChI=1S/C16H25NO3/c1-3-20-14(18)10(2)17-15(19)16-7-11-4-12(8-16)6-13(5-11)9-16/h10-13H,3-9H2,1-2H3,(H,17,19)/t10-,11?,12?,13?,16?/m0/s1.